The van der Waals surface area contributed by atoms with Crippen molar-refractivity contribution >= 4 is 5.57 Å². The number of hydrogen-bond donors (Lipinski definition) is 0. The van der Waals surface area contributed by atoms with Crippen LogP contribution in [0.1, 0.15) is 78.9 Å². The molecule has 0 amide bonds. The number of rotatable bonds is 8. The molecule has 0 aliphatic heterocycles. The molecule has 1 heterocycles. The van der Waals surface area contributed by atoms with E-state index >= 15 is 0 Å². The van der Waals surface area contributed by atoms with Crippen LogP contribution in [-0.4, -0.2) is 34.4 Å². The van der Waals surface area contributed by atoms with E-state index in [1.807, 2.05) is 46.9 Å². The summed E-state index contributed by atoms with van der Waals surface area (Å²) >= 11 is 0. The fourth-order valence-electron chi connectivity index (χ4n) is 3.36. The van der Waals surface area contributed by atoms with E-state index in [0.717, 1.165) is 42.6 Å². The minimum atomic E-state index is -4.52. The molecule has 1 aromatic rings. The molecule has 1 saturated carbocycles. The van der Waals surface area contributed by atoms with Crippen LogP contribution in [0.5, 0.6) is 0 Å². The first-order chi connectivity index (χ1) is 16.6. The molecule has 1 aromatic heterocycles. The van der Waals surface area contributed by atoms with Gasteiger partial charge in [-0.15, -0.1) is 42.3 Å². The number of allylic oxidation sites excluding steroid dienone is 6. The molecule has 0 atom stereocenters. The molecule has 0 spiro atoms. The van der Waals surface area contributed by atoms with Crippen LogP contribution in [0.25, 0.3) is 5.57 Å². The van der Waals surface area contributed by atoms with Crippen LogP contribution in [0.3, 0.4) is 0 Å². The normalized spacial score (nSPS) is 14.8. The van der Waals surface area contributed by atoms with Gasteiger partial charge in [0.25, 0.3) is 0 Å². The topological polar surface area (TPSA) is 39.9 Å². The SMILES string of the molecule is C#CC.C/C=C(\C)c1nnc(C2(C(/C=C\CF)=C/CC)CCC2)n1C.C=CCOC(F)(F)F.CC. The van der Waals surface area contributed by atoms with Crippen molar-refractivity contribution in [2.75, 3.05) is 13.3 Å². The van der Waals surface area contributed by atoms with Gasteiger partial charge in [-0.1, -0.05) is 57.6 Å². The maximum atomic E-state index is 12.6. The van der Waals surface area contributed by atoms with E-state index in [-0.39, 0.29) is 5.41 Å². The molecular weight excluding hydrogens is 458 g/mol. The predicted octanol–water partition coefficient (Wildman–Crippen LogP) is 7.90. The molecular formula is C27H41F4N3O. The van der Waals surface area contributed by atoms with Gasteiger partial charge in [-0.2, -0.15) is 0 Å². The number of ether oxygens (including phenoxy) is 1. The molecule has 8 heteroatoms. The van der Waals surface area contributed by atoms with E-state index < -0.39 is 19.6 Å². The summed E-state index contributed by atoms with van der Waals surface area (Å²) in [5.74, 6) is 4.16. The third-order valence-corrected chi connectivity index (χ3v) is 5.02. The van der Waals surface area contributed by atoms with Gasteiger partial charge >= 0.3 is 6.36 Å². The van der Waals surface area contributed by atoms with Crippen molar-refractivity contribution in [1.29, 1.82) is 0 Å². The molecule has 1 aliphatic rings. The molecule has 0 radical (unpaired) electrons. The van der Waals surface area contributed by atoms with Crippen molar-refractivity contribution in [2.45, 2.75) is 79.0 Å². The molecule has 4 nitrogen and oxygen atoms in total. The van der Waals surface area contributed by atoms with E-state index in [0.29, 0.717) is 0 Å². The lowest BCUT2D eigenvalue weighted by Crippen LogP contribution is -2.38. The van der Waals surface area contributed by atoms with Gasteiger partial charge in [0.05, 0.1) is 12.0 Å². The van der Waals surface area contributed by atoms with Gasteiger partial charge < -0.3 is 4.57 Å². The zero-order chi connectivity index (χ0) is 27.5. The van der Waals surface area contributed by atoms with Gasteiger partial charge in [0.2, 0.25) is 0 Å². The lowest BCUT2D eigenvalue weighted by Gasteiger charge is -2.42. The molecule has 0 bridgehead atoms. The second-order valence-corrected chi connectivity index (χ2v) is 7.27. The summed E-state index contributed by atoms with van der Waals surface area (Å²) in [5, 5.41) is 8.87. The highest BCUT2D eigenvalue weighted by Crippen LogP contribution is 2.49. The van der Waals surface area contributed by atoms with E-state index in [1.165, 1.54) is 12.0 Å². The average Bonchev–Trinajstić information content (AvgIpc) is 3.18. The van der Waals surface area contributed by atoms with Crippen molar-refractivity contribution < 1.29 is 22.3 Å². The maximum Gasteiger partial charge on any atom is 0.522 e. The first-order valence-corrected chi connectivity index (χ1v) is 11.7. The summed E-state index contributed by atoms with van der Waals surface area (Å²) in [6.07, 6.45) is 13.1. The van der Waals surface area contributed by atoms with Crippen LogP contribution < -0.4 is 0 Å². The Kier molecular flexibility index (Phi) is 18.4. The molecule has 0 unspecified atom stereocenters. The quantitative estimate of drug-likeness (QED) is 0.158. The Morgan fingerprint density at radius 2 is 1.86 bits per heavy atom. The Labute approximate surface area is 208 Å². The number of hydrogen-bond acceptors (Lipinski definition) is 3. The highest BCUT2D eigenvalue weighted by molar-refractivity contribution is 5.57. The molecule has 2 rings (SSSR count). The molecule has 198 valence electrons. The second kappa shape index (κ2) is 18.6. The Balaban J connectivity index is 0. The second-order valence-electron chi connectivity index (χ2n) is 7.27. The van der Waals surface area contributed by atoms with Crippen molar-refractivity contribution in [1.82, 2.24) is 14.8 Å². The van der Waals surface area contributed by atoms with Gasteiger partial charge in [-0.25, -0.2) is 4.39 Å². The van der Waals surface area contributed by atoms with Crippen molar-refractivity contribution in [2.24, 2.45) is 7.05 Å². The fourth-order valence-corrected chi connectivity index (χ4v) is 3.36. The Morgan fingerprint density at radius 3 is 2.20 bits per heavy atom. The minimum Gasteiger partial charge on any atom is -0.314 e. The van der Waals surface area contributed by atoms with Gasteiger partial charge in [0.15, 0.2) is 5.82 Å². The predicted molar refractivity (Wildman–Crippen MR) is 137 cm³/mol. The molecule has 35 heavy (non-hydrogen) atoms. The zero-order valence-electron chi connectivity index (χ0n) is 22.2. The molecule has 0 aromatic carbocycles. The summed E-state index contributed by atoms with van der Waals surface area (Å²) in [5.41, 5.74) is 2.20. The van der Waals surface area contributed by atoms with Crippen molar-refractivity contribution in [3.05, 3.63) is 54.2 Å². The van der Waals surface area contributed by atoms with E-state index in [2.05, 4.69) is 51.4 Å². The van der Waals surface area contributed by atoms with Crippen LogP contribution in [0, 0.1) is 12.3 Å². The van der Waals surface area contributed by atoms with Crippen LogP contribution in [0.4, 0.5) is 17.6 Å². The number of terminal acetylenes is 1. The number of alkyl halides is 4. The van der Waals surface area contributed by atoms with E-state index in [4.69, 9.17) is 0 Å². The largest absolute Gasteiger partial charge is 0.522 e. The highest BCUT2D eigenvalue weighted by Gasteiger charge is 2.45. The Hall–Kier alpha value is -2.66. The highest BCUT2D eigenvalue weighted by atomic mass is 19.4. The first-order valence-electron chi connectivity index (χ1n) is 11.7. The lowest BCUT2D eigenvalue weighted by molar-refractivity contribution is -0.319. The Bertz CT molecular complexity index is 855. The summed E-state index contributed by atoms with van der Waals surface area (Å²) in [6, 6.07) is 0. The molecule has 1 fully saturated rings. The molecule has 0 saturated heterocycles. The van der Waals surface area contributed by atoms with E-state index in [1.54, 1.807) is 13.0 Å². The van der Waals surface area contributed by atoms with Gasteiger partial charge in [0, 0.05) is 7.05 Å². The standard InChI is InChI=1S/C18H26FN3.C4H5F3O.C3H4.C2H6/c1-5-9-15(10-7-13-19)18(11-8-12-18)17-21-20-16(22(17)4)14(3)6-2;1-2-3-8-4(5,6)7;1-3-2;1-2/h6-7,9-10H,5,8,11-13H2,1-4H3;2H,1,3H2;1H,2H3;1-2H3/b10-7-,14-6+,15-9+;;;. The number of nitrogens with zero attached hydrogens (tertiary/aromatic N) is 3. The van der Waals surface area contributed by atoms with Gasteiger partial charge in [-0.05, 0) is 51.2 Å². The number of aromatic nitrogens is 3. The van der Waals surface area contributed by atoms with Crippen LogP contribution >= 0.6 is 0 Å². The van der Waals surface area contributed by atoms with Crippen LogP contribution in [-0.2, 0) is 17.2 Å². The third kappa shape index (κ3) is 11.5. The van der Waals surface area contributed by atoms with Crippen LogP contribution in [0.15, 0.2) is 42.5 Å². The van der Waals surface area contributed by atoms with E-state index in [9.17, 15) is 17.6 Å². The fraction of sp³-hybridized carbons (Fsp3) is 0.556. The maximum absolute atomic E-state index is 12.6. The third-order valence-electron chi connectivity index (χ3n) is 5.02. The summed E-state index contributed by atoms with van der Waals surface area (Å²) in [7, 11) is 2.03. The average molecular weight is 500 g/mol. The summed E-state index contributed by atoms with van der Waals surface area (Å²) in [4.78, 5) is 0. The minimum absolute atomic E-state index is 0.101. The van der Waals surface area contributed by atoms with Crippen molar-refractivity contribution in [3.63, 3.8) is 0 Å². The van der Waals surface area contributed by atoms with Gasteiger partial charge in [0.1, 0.15) is 12.5 Å². The lowest BCUT2D eigenvalue weighted by atomic mass is 9.63. The monoisotopic (exact) mass is 499 g/mol. The molecule has 1 aliphatic carbocycles. The smallest absolute Gasteiger partial charge is 0.314 e. The summed E-state index contributed by atoms with van der Waals surface area (Å²) in [6.45, 7) is 13.9. The Morgan fingerprint density at radius 1 is 1.29 bits per heavy atom. The summed E-state index contributed by atoms with van der Waals surface area (Å²) < 4.78 is 50.9. The van der Waals surface area contributed by atoms with Crippen molar-refractivity contribution in [3.8, 4) is 12.3 Å². The molecule has 0 N–H and O–H groups in total. The number of halogens is 4. The first kappa shape index (κ1) is 34.5. The van der Waals surface area contributed by atoms with Gasteiger partial charge in [-0.3, -0.25) is 4.74 Å². The zero-order valence-corrected chi connectivity index (χ0v) is 22.2. The van der Waals surface area contributed by atoms with Crippen LogP contribution in [0.2, 0.25) is 0 Å².